The van der Waals surface area contributed by atoms with Crippen LogP contribution in [-0.2, 0) is 0 Å². The summed E-state index contributed by atoms with van der Waals surface area (Å²) in [5.41, 5.74) is 1.40. The number of carbonyl (C=O) groups is 1. The Labute approximate surface area is 129 Å². The highest BCUT2D eigenvalue weighted by molar-refractivity contribution is 8.00. The van der Waals surface area contributed by atoms with E-state index in [-0.39, 0.29) is 5.91 Å². The molecule has 1 N–H and O–H groups in total. The molecule has 0 bridgehead atoms. The van der Waals surface area contributed by atoms with E-state index in [9.17, 15) is 4.79 Å². The highest BCUT2D eigenvalue weighted by Gasteiger charge is 2.16. The fraction of sp³-hybridized carbons (Fsp3) is 0.353. The van der Waals surface area contributed by atoms with E-state index in [1.807, 2.05) is 23.9 Å². The quantitative estimate of drug-likeness (QED) is 0.875. The van der Waals surface area contributed by atoms with Crippen molar-refractivity contribution >= 4 is 23.4 Å². The van der Waals surface area contributed by atoms with Gasteiger partial charge in [0.1, 0.15) is 5.76 Å². The van der Waals surface area contributed by atoms with Gasteiger partial charge in [0.25, 0.3) is 5.91 Å². The minimum absolute atomic E-state index is 0.127. The normalized spacial score (nSPS) is 15.3. The van der Waals surface area contributed by atoms with Gasteiger partial charge >= 0.3 is 0 Å². The zero-order valence-electron chi connectivity index (χ0n) is 12.1. The largest absolute Gasteiger partial charge is 0.469 e. The Hall–Kier alpha value is -1.68. The first kappa shape index (κ1) is 14.3. The van der Waals surface area contributed by atoms with Gasteiger partial charge < -0.3 is 9.73 Å². The summed E-state index contributed by atoms with van der Waals surface area (Å²) in [4.78, 5) is 13.4. The van der Waals surface area contributed by atoms with Crippen molar-refractivity contribution in [3.63, 3.8) is 0 Å². The minimum Gasteiger partial charge on any atom is -0.469 e. The number of furan rings is 1. The molecule has 2 aromatic rings. The predicted octanol–water partition coefficient (Wildman–Crippen LogP) is 4.88. The van der Waals surface area contributed by atoms with Gasteiger partial charge in [-0.15, -0.1) is 11.8 Å². The standard InChI is InChI=1S/C17H19NO2S/c1-12-16(10-11-20-12)17(19)18-13-6-8-15(9-7-13)21-14-4-2-3-5-14/h6-11,14H,2-5H2,1H3,(H,18,19). The highest BCUT2D eigenvalue weighted by atomic mass is 32.2. The van der Waals surface area contributed by atoms with Crippen molar-refractivity contribution in [1.82, 2.24) is 0 Å². The van der Waals surface area contributed by atoms with Gasteiger partial charge in [-0.1, -0.05) is 12.8 Å². The summed E-state index contributed by atoms with van der Waals surface area (Å²) >= 11 is 1.95. The van der Waals surface area contributed by atoms with Crippen LogP contribution in [-0.4, -0.2) is 11.2 Å². The molecule has 110 valence electrons. The Bertz CT molecular complexity index is 612. The van der Waals surface area contributed by atoms with Crippen molar-refractivity contribution in [2.24, 2.45) is 0 Å². The molecule has 1 saturated carbocycles. The number of amides is 1. The lowest BCUT2D eigenvalue weighted by molar-refractivity contribution is 0.102. The number of aryl methyl sites for hydroxylation is 1. The van der Waals surface area contributed by atoms with Gasteiger partial charge in [-0.2, -0.15) is 0 Å². The van der Waals surface area contributed by atoms with E-state index in [1.165, 1.54) is 36.8 Å². The molecule has 0 aliphatic heterocycles. The summed E-state index contributed by atoms with van der Waals surface area (Å²) in [7, 11) is 0. The number of benzene rings is 1. The summed E-state index contributed by atoms with van der Waals surface area (Å²) < 4.78 is 5.15. The van der Waals surface area contributed by atoms with Gasteiger partial charge in [-0.25, -0.2) is 0 Å². The molecule has 4 heteroatoms. The summed E-state index contributed by atoms with van der Waals surface area (Å²) in [5, 5.41) is 3.66. The molecule has 3 nitrogen and oxygen atoms in total. The Morgan fingerprint density at radius 2 is 1.90 bits per heavy atom. The molecule has 1 aliphatic carbocycles. The van der Waals surface area contributed by atoms with Crippen LogP contribution in [0.2, 0.25) is 0 Å². The first-order chi connectivity index (χ1) is 10.2. The number of anilines is 1. The maximum absolute atomic E-state index is 12.1. The van der Waals surface area contributed by atoms with Crippen LogP contribution in [0.1, 0.15) is 41.8 Å². The Kier molecular flexibility index (Phi) is 4.34. The molecular weight excluding hydrogens is 282 g/mol. The average Bonchev–Trinajstić information content (AvgIpc) is 3.12. The zero-order valence-corrected chi connectivity index (χ0v) is 12.9. The maximum atomic E-state index is 12.1. The van der Waals surface area contributed by atoms with Gasteiger partial charge in [0.2, 0.25) is 0 Å². The number of hydrogen-bond acceptors (Lipinski definition) is 3. The Balaban J connectivity index is 1.61. The summed E-state index contributed by atoms with van der Waals surface area (Å²) in [6.07, 6.45) is 6.89. The van der Waals surface area contributed by atoms with Crippen molar-refractivity contribution in [3.8, 4) is 0 Å². The lowest BCUT2D eigenvalue weighted by Gasteiger charge is -2.09. The van der Waals surface area contributed by atoms with Gasteiger partial charge in [0, 0.05) is 15.8 Å². The van der Waals surface area contributed by atoms with E-state index < -0.39 is 0 Å². The Morgan fingerprint density at radius 1 is 1.19 bits per heavy atom. The number of rotatable bonds is 4. The average molecular weight is 301 g/mol. The lowest BCUT2D eigenvalue weighted by Crippen LogP contribution is -2.11. The van der Waals surface area contributed by atoms with Gasteiger partial charge in [0.15, 0.2) is 0 Å². The van der Waals surface area contributed by atoms with Crippen LogP contribution in [0.4, 0.5) is 5.69 Å². The lowest BCUT2D eigenvalue weighted by atomic mass is 10.2. The second-order valence-corrected chi connectivity index (χ2v) is 6.77. The molecule has 21 heavy (non-hydrogen) atoms. The molecule has 0 spiro atoms. The van der Waals surface area contributed by atoms with Gasteiger partial charge in [-0.3, -0.25) is 4.79 Å². The second-order valence-electron chi connectivity index (χ2n) is 5.39. The van der Waals surface area contributed by atoms with Crippen molar-refractivity contribution in [3.05, 3.63) is 47.9 Å². The van der Waals surface area contributed by atoms with Crippen molar-refractivity contribution in [2.75, 3.05) is 5.32 Å². The summed E-state index contributed by atoms with van der Waals surface area (Å²) in [6, 6.07) is 9.78. The van der Waals surface area contributed by atoms with E-state index in [0.717, 1.165) is 10.9 Å². The SMILES string of the molecule is Cc1occc1C(=O)Nc1ccc(SC2CCCC2)cc1. The molecule has 0 saturated heterocycles. The van der Waals surface area contributed by atoms with E-state index in [2.05, 4.69) is 17.4 Å². The molecule has 0 atom stereocenters. The second kappa shape index (κ2) is 6.39. The van der Waals surface area contributed by atoms with E-state index in [0.29, 0.717) is 11.3 Å². The van der Waals surface area contributed by atoms with Crippen LogP contribution < -0.4 is 5.32 Å². The molecule has 1 aromatic carbocycles. The number of thioether (sulfide) groups is 1. The highest BCUT2D eigenvalue weighted by Crippen LogP contribution is 2.34. The molecule has 1 amide bonds. The molecule has 0 radical (unpaired) electrons. The van der Waals surface area contributed by atoms with Crippen molar-refractivity contribution < 1.29 is 9.21 Å². The van der Waals surface area contributed by atoms with Crippen LogP contribution in [0.3, 0.4) is 0 Å². The number of nitrogens with one attached hydrogen (secondary N) is 1. The summed E-state index contributed by atoms with van der Waals surface area (Å²) in [5.74, 6) is 0.512. The van der Waals surface area contributed by atoms with E-state index in [1.54, 1.807) is 13.0 Å². The van der Waals surface area contributed by atoms with Crippen LogP contribution in [0.25, 0.3) is 0 Å². The first-order valence-electron chi connectivity index (χ1n) is 7.34. The fourth-order valence-corrected chi connectivity index (χ4v) is 3.88. The molecule has 1 heterocycles. The molecule has 3 rings (SSSR count). The third-order valence-electron chi connectivity index (χ3n) is 3.82. The number of hydrogen-bond donors (Lipinski definition) is 1. The van der Waals surface area contributed by atoms with Crippen LogP contribution in [0, 0.1) is 6.92 Å². The molecule has 0 unspecified atom stereocenters. The van der Waals surface area contributed by atoms with Crippen LogP contribution in [0.15, 0.2) is 45.9 Å². The van der Waals surface area contributed by atoms with Gasteiger partial charge in [0.05, 0.1) is 11.8 Å². The molecule has 1 aromatic heterocycles. The topological polar surface area (TPSA) is 42.2 Å². The number of carbonyl (C=O) groups excluding carboxylic acids is 1. The molecular formula is C17H19NO2S. The summed E-state index contributed by atoms with van der Waals surface area (Å²) in [6.45, 7) is 1.79. The first-order valence-corrected chi connectivity index (χ1v) is 8.22. The zero-order chi connectivity index (χ0) is 14.7. The monoisotopic (exact) mass is 301 g/mol. The molecule has 1 aliphatic rings. The fourth-order valence-electron chi connectivity index (χ4n) is 2.63. The third-order valence-corrected chi connectivity index (χ3v) is 5.17. The van der Waals surface area contributed by atoms with E-state index in [4.69, 9.17) is 4.42 Å². The third kappa shape index (κ3) is 3.50. The Morgan fingerprint density at radius 3 is 2.52 bits per heavy atom. The van der Waals surface area contributed by atoms with Crippen molar-refractivity contribution in [1.29, 1.82) is 0 Å². The van der Waals surface area contributed by atoms with Crippen LogP contribution >= 0.6 is 11.8 Å². The van der Waals surface area contributed by atoms with E-state index >= 15 is 0 Å². The molecule has 1 fully saturated rings. The minimum atomic E-state index is -0.127. The van der Waals surface area contributed by atoms with Crippen LogP contribution in [0.5, 0.6) is 0 Å². The predicted molar refractivity (Wildman–Crippen MR) is 86.0 cm³/mol. The van der Waals surface area contributed by atoms with Gasteiger partial charge in [-0.05, 0) is 50.1 Å². The van der Waals surface area contributed by atoms with Crippen molar-refractivity contribution in [2.45, 2.75) is 42.8 Å². The smallest absolute Gasteiger partial charge is 0.259 e. The maximum Gasteiger partial charge on any atom is 0.259 e.